The first-order valence-electron chi connectivity index (χ1n) is 5.71. The first-order valence-corrected chi connectivity index (χ1v) is 5.71. The van der Waals surface area contributed by atoms with Gasteiger partial charge in [-0.25, -0.2) is 0 Å². The Balaban J connectivity index is 1.99. The molecule has 0 fully saturated rings. The third kappa shape index (κ3) is 2.77. The largest absolute Gasteiger partial charge is 0.493 e. The molecule has 0 saturated carbocycles. The van der Waals surface area contributed by atoms with E-state index < -0.39 is 6.10 Å². The summed E-state index contributed by atoms with van der Waals surface area (Å²) < 4.78 is 9.93. The lowest BCUT2D eigenvalue weighted by molar-refractivity contribution is -0.141. The van der Waals surface area contributed by atoms with Gasteiger partial charge < -0.3 is 14.6 Å². The van der Waals surface area contributed by atoms with Crippen molar-refractivity contribution in [2.75, 3.05) is 13.7 Å². The van der Waals surface area contributed by atoms with Crippen LogP contribution in [0, 0.1) is 0 Å². The molecule has 1 atom stereocenters. The van der Waals surface area contributed by atoms with Gasteiger partial charge in [-0.2, -0.15) is 0 Å². The zero-order chi connectivity index (χ0) is 12.3. The van der Waals surface area contributed by atoms with Gasteiger partial charge in [0, 0.05) is 12.8 Å². The van der Waals surface area contributed by atoms with Gasteiger partial charge in [0.2, 0.25) is 0 Å². The van der Waals surface area contributed by atoms with Crippen molar-refractivity contribution in [1.82, 2.24) is 0 Å². The van der Waals surface area contributed by atoms with E-state index in [0.29, 0.717) is 13.0 Å². The molecule has 0 aliphatic carbocycles. The maximum Gasteiger partial charge on any atom is 0.305 e. The fourth-order valence-corrected chi connectivity index (χ4v) is 1.94. The van der Waals surface area contributed by atoms with Crippen LogP contribution in [0.2, 0.25) is 0 Å². The average Bonchev–Trinajstić information content (AvgIpc) is 2.82. The molecule has 17 heavy (non-hydrogen) atoms. The molecule has 1 heterocycles. The highest BCUT2D eigenvalue weighted by molar-refractivity contribution is 5.69. The van der Waals surface area contributed by atoms with Crippen LogP contribution in [0.15, 0.2) is 18.2 Å². The number of aliphatic hydroxyl groups is 1. The quantitative estimate of drug-likeness (QED) is 0.807. The predicted octanol–water partition coefficient (Wildman–Crippen LogP) is 1.61. The number of methoxy groups -OCH3 is 1. The van der Waals surface area contributed by atoms with Crippen molar-refractivity contribution in [2.24, 2.45) is 0 Å². The molecule has 4 heteroatoms. The number of carbonyl (C=O) groups excluding carboxylic acids is 1. The Kier molecular flexibility index (Phi) is 3.64. The molecule has 1 aromatic carbocycles. The number of aliphatic hydroxyl groups excluding tert-OH is 1. The van der Waals surface area contributed by atoms with Gasteiger partial charge in [-0.05, 0) is 29.7 Å². The first-order chi connectivity index (χ1) is 8.20. The van der Waals surface area contributed by atoms with E-state index in [1.165, 1.54) is 7.11 Å². The molecule has 92 valence electrons. The SMILES string of the molecule is COC(=O)CCC(O)c1ccc2c(c1)CCO2. The first kappa shape index (κ1) is 11.9. The molecule has 0 bridgehead atoms. The Bertz CT molecular complexity index is 414. The van der Waals surface area contributed by atoms with Crippen LogP contribution in [0.25, 0.3) is 0 Å². The Morgan fingerprint density at radius 2 is 2.41 bits per heavy atom. The van der Waals surface area contributed by atoms with Gasteiger partial charge in [-0.3, -0.25) is 4.79 Å². The van der Waals surface area contributed by atoms with Crippen molar-refractivity contribution >= 4 is 5.97 Å². The molecule has 1 unspecified atom stereocenters. The lowest BCUT2D eigenvalue weighted by Gasteiger charge is -2.11. The number of carbonyl (C=O) groups is 1. The summed E-state index contributed by atoms with van der Waals surface area (Å²) in [6.07, 6.45) is 0.866. The van der Waals surface area contributed by atoms with Crippen LogP contribution in [0.3, 0.4) is 0 Å². The molecule has 0 radical (unpaired) electrons. The summed E-state index contributed by atoms with van der Waals surface area (Å²) in [7, 11) is 1.35. The van der Waals surface area contributed by atoms with E-state index >= 15 is 0 Å². The van der Waals surface area contributed by atoms with Crippen molar-refractivity contribution in [2.45, 2.75) is 25.4 Å². The third-order valence-corrected chi connectivity index (χ3v) is 2.95. The van der Waals surface area contributed by atoms with Crippen molar-refractivity contribution in [3.8, 4) is 5.75 Å². The van der Waals surface area contributed by atoms with Gasteiger partial charge in [0.25, 0.3) is 0 Å². The normalized spacial score (nSPS) is 14.9. The highest BCUT2D eigenvalue weighted by Gasteiger charge is 2.16. The number of esters is 1. The molecule has 0 amide bonds. The molecule has 1 N–H and O–H groups in total. The average molecular weight is 236 g/mol. The van der Waals surface area contributed by atoms with Crippen molar-refractivity contribution in [3.63, 3.8) is 0 Å². The van der Waals surface area contributed by atoms with Crippen LogP contribution in [0.1, 0.15) is 30.1 Å². The number of ether oxygens (including phenoxy) is 2. The van der Waals surface area contributed by atoms with Crippen LogP contribution in [-0.2, 0) is 16.0 Å². The Morgan fingerprint density at radius 1 is 1.59 bits per heavy atom. The van der Waals surface area contributed by atoms with E-state index in [1.807, 2.05) is 18.2 Å². The fourth-order valence-electron chi connectivity index (χ4n) is 1.94. The van der Waals surface area contributed by atoms with Crippen LogP contribution in [0.4, 0.5) is 0 Å². The number of benzene rings is 1. The van der Waals surface area contributed by atoms with E-state index in [9.17, 15) is 9.90 Å². The van der Waals surface area contributed by atoms with Crippen molar-refractivity contribution in [3.05, 3.63) is 29.3 Å². The second-order valence-corrected chi connectivity index (χ2v) is 4.10. The van der Waals surface area contributed by atoms with Crippen LogP contribution >= 0.6 is 0 Å². The summed E-state index contributed by atoms with van der Waals surface area (Å²) in [5.74, 6) is 0.600. The minimum atomic E-state index is -0.625. The highest BCUT2D eigenvalue weighted by atomic mass is 16.5. The Morgan fingerprint density at radius 3 is 3.18 bits per heavy atom. The van der Waals surface area contributed by atoms with Gasteiger partial charge in [0.05, 0.1) is 19.8 Å². The Labute approximate surface area is 100 Å². The van der Waals surface area contributed by atoms with Gasteiger partial charge >= 0.3 is 5.97 Å². The summed E-state index contributed by atoms with van der Waals surface area (Å²) in [6, 6.07) is 5.66. The van der Waals surface area contributed by atoms with E-state index in [-0.39, 0.29) is 12.4 Å². The Hall–Kier alpha value is -1.55. The summed E-state index contributed by atoms with van der Waals surface area (Å²) in [6.45, 7) is 0.705. The molecular weight excluding hydrogens is 220 g/mol. The molecule has 0 aromatic heterocycles. The van der Waals surface area contributed by atoms with Crippen LogP contribution in [0.5, 0.6) is 5.75 Å². The minimum absolute atomic E-state index is 0.227. The molecule has 1 aliphatic rings. The van der Waals surface area contributed by atoms with Gasteiger partial charge in [0.1, 0.15) is 5.75 Å². The zero-order valence-electron chi connectivity index (χ0n) is 9.81. The fraction of sp³-hybridized carbons (Fsp3) is 0.462. The maximum absolute atomic E-state index is 11.0. The predicted molar refractivity (Wildman–Crippen MR) is 61.9 cm³/mol. The monoisotopic (exact) mass is 236 g/mol. The standard InChI is InChI=1S/C13H16O4/c1-16-13(15)5-3-11(14)9-2-4-12-10(8-9)6-7-17-12/h2,4,8,11,14H,3,5-7H2,1H3. The number of hydrogen-bond donors (Lipinski definition) is 1. The van der Waals surface area contributed by atoms with Crippen LogP contribution in [-0.4, -0.2) is 24.8 Å². The molecule has 0 spiro atoms. The number of hydrogen-bond acceptors (Lipinski definition) is 4. The second-order valence-electron chi connectivity index (χ2n) is 4.10. The van der Waals surface area contributed by atoms with Crippen molar-refractivity contribution in [1.29, 1.82) is 0 Å². The van der Waals surface area contributed by atoms with Gasteiger partial charge in [0.15, 0.2) is 0 Å². The zero-order valence-corrected chi connectivity index (χ0v) is 9.81. The summed E-state index contributed by atoms with van der Waals surface area (Å²) >= 11 is 0. The summed E-state index contributed by atoms with van der Waals surface area (Å²) in [5, 5.41) is 9.95. The van der Waals surface area contributed by atoms with E-state index in [2.05, 4.69) is 4.74 Å². The third-order valence-electron chi connectivity index (χ3n) is 2.95. The second kappa shape index (κ2) is 5.19. The number of rotatable bonds is 4. The molecular formula is C13H16O4. The molecule has 1 aromatic rings. The molecule has 1 aliphatic heterocycles. The lowest BCUT2D eigenvalue weighted by Crippen LogP contribution is -2.05. The smallest absolute Gasteiger partial charge is 0.305 e. The van der Waals surface area contributed by atoms with Gasteiger partial charge in [-0.1, -0.05) is 6.07 Å². The van der Waals surface area contributed by atoms with E-state index in [1.54, 1.807) is 0 Å². The lowest BCUT2D eigenvalue weighted by atomic mass is 10.0. The molecule has 0 saturated heterocycles. The van der Waals surface area contributed by atoms with E-state index in [4.69, 9.17) is 4.74 Å². The van der Waals surface area contributed by atoms with Crippen LogP contribution < -0.4 is 4.74 Å². The highest BCUT2D eigenvalue weighted by Crippen LogP contribution is 2.29. The van der Waals surface area contributed by atoms with Crippen molar-refractivity contribution < 1.29 is 19.4 Å². The minimum Gasteiger partial charge on any atom is -0.493 e. The topological polar surface area (TPSA) is 55.8 Å². The molecule has 4 nitrogen and oxygen atoms in total. The summed E-state index contributed by atoms with van der Waals surface area (Å²) in [4.78, 5) is 11.0. The summed E-state index contributed by atoms with van der Waals surface area (Å²) in [5.41, 5.74) is 1.96. The maximum atomic E-state index is 11.0. The number of fused-ring (bicyclic) bond motifs is 1. The van der Waals surface area contributed by atoms with E-state index in [0.717, 1.165) is 23.3 Å². The van der Waals surface area contributed by atoms with Gasteiger partial charge in [-0.15, -0.1) is 0 Å². The molecule has 2 rings (SSSR count).